The summed E-state index contributed by atoms with van der Waals surface area (Å²) in [6.07, 6.45) is 1.82. The van der Waals surface area contributed by atoms with Crippen LogP contribution in [0.1, 0.15) is 12.5 Å². The molecule has 1 unspecified atom stereocenters. The lowest BCUT2D eigenvalue weighted by atomic mass is 10.2. The molecule has 2 aromatic rings. The van der Waals surface area contributed by atoms with Crippen molar-refractivity contribution in [2.75, 3.05) is 11.4 Å². The Balaban J connectivity index is 1.91. The predicted molar refractivity (Wildman–Crippen MR) is 75.4 cm³/mol. The second-order valence-corrected chi connectivity index (χ2v) is 4.83. The Bertz CT molecular complexity index is 791. The fourth-order valence-electron chi connectivity index (χ4n) is 2.48. The van der Waals surface area contributed by atoms with E-state index in [-0.39, 0.29) is 11.7 Å². The van der Waals surface area contributed by atoms with E-state index in [0.29, 0.717) is 18.7 Å². The molecule has 3 rings (SSSR count). The molecule has 2 heterocycles. The van der Waals surface area contributed by atoms with Crippen molar-refractivity contribution in [3.05, 3.63) is 57.4 Å². The number of aromatic hydroxyl groups is 1. The normalized spacial score (nSPS) is 18.2. The smallest absolute Gasteiger partial charge is 0.329 e. The summed E-state index contributed by atoms with van der Waals surface area (Å²) in [5, 5.41) is 9.28. The molecule has 21 heavy (non-hydrogen) atoms. The number of hydrogen-bond acceptors (Lipinski definition) is 4. The van der Waals surface area contributed by atoms with Crippen molar-refractivity contribution >= 4 is 11.6 Å². The zero-order valence-electron chi connectivity index (χ0n) is 11.0. The van der Waals surface area contributed by atoms with Gasteiger partial charge in [-0.1, -0.05) is 0 Å². The van der Waals surface area contributed by atoms with Crippen LogP contribution in [0.4, 0.5) is 5.69 Å². The molecule has 0 bridgehead atoms. The first-order valence-electron chi connectivity index (χ1n) is 6.48. The Labute approximate surface area is 119 Å². The number of anilines is 1. The van der Waals surface area contributed by atoms with Crippen molar-refractivity contribution in [2.24, 2.45) is 0 Å². The molecule has 2 N–H and O–H groups in total. The second kappa shape index (κ2) is 4.93. The molecule has 1 amide bonds. The topological polar surface area (TPSA) is 95.4 Å². The summed E-state index contributed by atoms with van der Waals surface area (Å²) in [6.45, 7) is 0.472. The lowest BCUT2D eigenvalue weighted by molar-refractivity contribution is -0.119. The highest BCUT2D eigenvalue weighted by atomic mass is 16.3. The average molecular weight is 287 g/mol. The Morgan fingerprint density at radius 1 is 1.10 bits per heavy atom. The Hall–Kier alpha value is -2.83. The monoisotopic (exact) mass is 287 g/mol. The zero-order chi connectivity index (χ0) is 15.0. The minimum atomic E-state index is -0.622. The number of amides is 1. The van der Waals surface area contributed by atoms with E-state index < -0.39 is 17.3 Å². The maximum atomic E-state index is 12.4. The summed E-state index contributed by atoms with van der Waals surface area (Å²) in [5.41, 5.74) is -0.414. The van der Waals surface area contributed by atoms with E-state index in [9.17, 15) is 19.5 Å². The van der Waals surface area contributed by atoms with Crippen molar-refractivity contribution in [1.29, 1.82) is 0 Å². The zero-order valence-corrected chi connectivity index (χ0v) is 11.0. The van der Waals surface area contributed by atoms with Gasteiger partial charge in [-0.25, -0.2) is 4.79 Å². The van der Waals surface area contributed by atoms with Crippen LogP contribution in [0.25, 0.3) is 0 Å². The lowest BCUT2D eigenvalue weighted by Crippen LogP contribution is -2.35. The SMILES string of the molecule is O=C1C(n2ccc(=O)[nH]c2=O)CCN1c1ccc(O)cc1. The van der Waals surface area contributed by atoms with Crippen molar-refractivity contribution in [3.8, 4) is 5.75 Å². The third-order valence-electron chi connectivity index (χ3n) is 3.53. The first-order valence-corrected chi connectivity index (χ1v) is 6.48. The lowest BCUT2D eigenvalue weighted by Gasteiger charge is -2.17. The molecule has 0 aliphatic carbocycles. The van der Waals surface area contributed by atoms with E-state index in [1.165, 1.54) is 29.0 Å². The number of H-pyrrole nitrogens is 1. The van der Waals surface area contributed by atoms with Gasteiger partial charge in [-0.15, -0.1) is 0 Å². The number of hydrogen-bond donors (Lipinski definition) is 2. The Morgan fingerprint density at radius 2 is 1.81 bits per heavy atom. The van der Waals surface area contributed by atoms with Crippen molar-refractivity contribution in [2.45, 2.75) is 12.5 Å². The highest BCUT2D eigenvalue weighted by molar-refractivity contribution is 5.98. The number of benzene rings is 1. The molecule has 7 heteroatoms. The van der Waals surface area contributed by atoms with Gasteiger partial charge in [0.25, 0.3) is 5.56 Å². The van der Waals surface area contributed by atoms with Crippen LogP contribution < -0.4 is 16.1 Å². The predicted octanol–water partition coefficient (Wildman–Crippen LogP) is 0.220. The Morgan fingerprint density at radius 3 is 2.48 bits per heavy atom. The molecule has 7 nitrogen and oxygen atoms in total. The number of nitrogens with zero attached hydrogens (tertiary/aromatic N) is 2. The van der Waals surface area contributed by atoms with Crippen LogP contribution in [0.5, 0.6) is 5.75 Å². The van der Waals surface area contributed by atoms with Gasteiger partial charge in [-0.05, 0) is 30.7 Å². The maximum Gasteiger partial charge on any atom is 0.329 e. The van der Waals surface area contributed by atoms with Gasteiger partial charge < -0.3 is 10.0 Å². The third kappa shape index (κ3) is 2.33. The largest absolute Gasteiger partial charge is 0.508 e. The van der Waals surface area contributed by atoms with E-state index in [1.807, 2.05) is 0 Å². The van der Waals surface area contributed by atoms with Crippen LogP contribution in [-0.2, 0) is 4.79 Å². The summed E-state index contributed by atoms with van der Waals surface area (Å²) in [6, 6.07) is 6.89. The van der Waals surface area contributed by atoms with Gasteiger partial charge in [0, 0.05) is 24.5 Å². The number of carbonyl (C=O) groups excluding carboxylic acids is 1. The number of aromatic nitrogens is 2. The molecule has 1 aliphatic rings. The van der Waals surface area contributed by atoms with Crippen LogP contribution in [0.15, 0.2) is 46.1 Å². The number of aromatic amines is 1. The minimum Gasteiger partial charge on any atom is -0.508 e. The number of phenols is 1. The molecule has 1 aliphatic heterocycles. The summed E-state index contributed by atoms with van der Waals surface area (Å²) in [7, 11) is 0. The molecular weight excluding hydrogens is 274 g/mol. The fraction of sp³-hybridized carbons (Fsp3) is 0.214. The first-order chi connectivity index (χ1) is 10.1. The fourth-order valence-corrected chi connectivity index (χ4v) is 2.48. The summed E-state index contributed by atoms with van der Waals surface area (Å²) >= 11 is 0. The molecule has 1 aromatic carbocycles. The number of rotatable bonds is 2. The molecule has 1 aromatic heterocycles. The van der Waals surface area contributed by atoms with Gasteiger partial charge in [-0.2, -0.15) is 0 Å². The van der Waals surface area contributed by atoms with E-state index in [4.69, 9.17) is 0 Å². The van der Waals surface area contributed by atoms with Gasteiger partial charge in [-0.3, -0.25) is 19.1 Å². The molecule has 108 valence electrons. The maximum absolute atomic E-state index is 12.4. The quantitative estimate of drug-likeness (QED) is 0.826. The molecule has 0 radical (unpaired) electrons. The number of phenolic OH excluding ortho intramolecular Hbond substituents is 1. The van der Waals surface area contributed by atoms with E-state index in [2.05, 4.69) is 4.98 Å². The van der Waals surface area contributed by atoms with Crippen LogP contribution in [0, 0.1) is 0 Å². The standard InChI is InChI=1S/C14H13N3O4/c18-10-3-1-9(2-4-10)16-7-5-11(13(16)20)17-8-6-12(19)15-14(17)21/h1-4,6,8,11,18H,5,7H2,(H,15,19,21). The average Bonchev–Trinajstić information content (AvgIpc) is 2.82. The van der Waals surface area contributed by atoms with E-state index >= 15 is 0 Å². The van der Waals surface area contributed by atoms with Crippen LogP contribution >= 0.6 is 0 Å². The molecule has 1 fully saturated rings. The van der Waals surface area contributed by atoms with Crippen LogP contribution in [0.2, 0.25) is 0 Å². The van der Waals surface area contributed by atoms with Crippen molar-refractivity contribution in [3.63, 3.8) is 0 Å². The Kier molecular flexibility index (Phi) is 3.09. The molecular formula is C14H13N3O4. The van der Waals surface area contributed by atoms with Crippen molar-refractivity contribution in [1.82, 2.24) is 9.55 Å². The number of carbonyl (C=O) groups is 1. The van der Waals surface area contributed by atoms with Crippen LogP contribution in [-0.4, -0.2) is 27.1 Å². The summed E-state index contributed by atoms with van der Waals surface area (Å²) in [5.74, 6) is -0.0892. The number of nitrogens with one attached hydrogen (secondary N) is 1. The van der Waals surface area contributed by atoms with E-state index in [0.717, 1.165) is 0 Å². The van der Waals surface area contributed by atoms with Gasteiger partial charge in [0.05, 0.1) is 0 Å². The summed E-state index contributed by atoms with van der Waals surface area (Å²) in [4.78, 5) is 39.0. The van der Waals surface area contributed by atoms with Crippen LogP contribution in [0.3, 0.4) is 0 Å². The van der Waals surface area contributed by atoms with Gasteiger partial charge in [0.2, 0.25) is 5.91 Å². The molecule has 0 spiro atoms. The van der Waals surface area contributed by atoms with Gasteiger partial charge in [0.15, 0.2) is 0 Å². The first kappa shape index (κ1) is 13.2. The molecule has 1 atom stereocenters. The second-order valence-electron chi connectivity index (χ2n) is 4.83. The molecule has 1 saturated heterocycles. The molecule has 0 saturated carbocycles. The highest BCUT2D eigenvalue weighted by Gasteiger charge is 2.34. The van der Waals surface area contributed by atoms with Gasteiger partial charge >= 0.3 is 5.69 Å². The van der Waals surface area contributed by atoms with E-state index in [1.54, 1.807) is 17.0 Å². The highest BCUT2D eigenvalue weighted by Crippen LogP contribution is 2.28. The van der Waals surface area contributed by atoms with Gasteiger partial charge in [0.1, 0.15) is 11.8 Å². The minimum absolute atomic E-state index is 0.124. The summed E-state index contributed by atoms with van der Waals surface area (Å²) < 4.78 is 1.24. The third-order valence-corrected chi connectivity index (χ3v) is 3.53. The van der Waals surface area contributed by atoms with Crippen molar-refractivity contribution < 1.29 is 9.90 Å².